The van der Waals surface area contributed by atoms with Crippen LogP contribution in [0.5, 0.6) is 0 Å². The van der Waals surface area contributed by atoms with Crippen molar-refractivity contribution < 1.29 is 8.78 Å². The van der Waals surface area contributed by atoms with Crippen molar-refractivity contribution in [2.45, 2.75) is 18.9 Å². The van der Waals surface area contributed by atoms with E-state index in [9.17, 15) is 8.78 Å². The van der Waals surface area contributed by atoms with Crippen molar-refractivity contribution in [3.8, 4) is 0 Å². The fraction of sp³-hybridized carbons (Fsp3) is 0.364. The normalized spacial score (nSPS) is 19.7. The van der Waals surface area contributed by atoms with E-state index in [1.807, 2.05) is 4.57 Å². The number of rotatable bonds is 1. The summed E-state index contributed by atoms with van der Waals surface area (Å²) in [6.45, 7) is -0.408. The first-order chi connectivity index (χ1) is 7.31. The van der Waals surface area contributed by atoms with Gasteiger partial charge in [-0.2, -0.15) is 0 Å². The minimum atomic E-state index is -0.408. The lowest BCUT2D eigenvalue weighted by molar-refractivity contribution is 0.372. The Morgan fingerprint density at radius 1 is 1.47 bits per heavy atom. The Hall–Kier alpha value is -1.45. The summed E-state index contributed by atoms with van der Waals surface area (Å²) in [6.07, 6.45) is 1.51. The fourth-order valence-corrected chi connectivity index (χ4v) is 2.29. The van der Waals surface area contributed by atoms with Gasteiger partial charge in [0.15, 0.2) is 5.82 Å². The van der Waals surface area contributed by atoms with Crippen LogP contribution in [0.1, 0.15) is 18.3 Å². The van der Waals surface area contributed by atoms with Crippen molar-refractivity contribution in [2.75, 3.05) is 6.67 Å². The second-order valence-corrected chi connectivity index (χ2v) is 3.85. The van der Waals surface area contributed by atoms with Crippen LogP contribution in [0.25, 0.3) is 11.0 Å². The molecule has 1 aliphatic heterocycles. The predicted octanol–water partition coefficient (Wildman–Crippen LogP) is 2.63. The third kappa shape index (κ3) is 1.11. The van der Waals surface area contributed by atoms with Gasteiger partial charge in [0.2, 0.25) is 0 Å². The van der Waals surface area contributed by atoms with Gasteiger partial charge >= 0.3 is 0 Å². The van der Waals surface area contributed by atoms with Gasteiger partial charge in [-0.15, -0.1) is 0 Å². The zero-order valence-electron chi connectivity index (χ0n) is 8.08. The molecule has 0 aliphatic carbocycles. The van der Waals surface area contributed by atoms with Gasteiger partial charge in [0, 0.05) is 6.42 Å². The number of alkyl halides is 1. The molecule has 1 aromatic heterocycles. The number of imidazole rings is 1. The molecule has 4 heteroatoms. The van der Waals surface area contributed by atoms with E-state index in [2.05, 4.69) is 4.98 Å². The van der Waals surface area contributed by atoms with E-state index in [-0.39, 0.29) is 11.9 Å². The molecule has 0 saturated carbocycles. The molecule has 2 heterocycles. The molecule has 0 spiro atoms. The lowest BCUT2D eigenvalue weighted by Crippen LogP contribution is -2.05. The molecule has 0 saturated heterocycles. The monoisotopic (exact) mass is 208 g/mol. The highest BCUT2D eigenvalue weighted by Gasteiger charge is 2.26. The van der Waals surface area contributed by atoms with Gasteiger partial charge < -0.3 is 4.57 Å². The molecule has 78 valence electrons. The molecule has 2 nitrogen and oxygen atoms in total. The average molecular weight is 208 g/mol. The molecule has 0 unspecified atom stereocenters. The van der Waals surface area contributed by atoms with Gasteiger partial charge in [0.05, 0.1) is 11.6 Å². The highest BCUT2D eigenvalue weighted by molar-refractivity contribution is 5.77. The molecular formula is C11H10F2N2. The summed E-state index contributed by atoms with van der Waals surface area (Å²) < 4.78 is 28.0. The first-order valence-corrected chi connectivity index (χ1v) is 5.02. The van der Waals surface area contributed by atoms with Crippen LogP contribution in [0.2, 0.25) is 0 Å². The summed E-state index contributed by atoms with van der Waals surface area (Å²) in [4.78, 5) is 4.21. The average Bonchev–Trinajstić information content (AvgIpc) is 2.77. The van der Waals surface area contributed by atoms with Gasteiger partial charge in [-0.25, -0.2) is 13.8 Å². The van der Waals surface area contributed by atoms with Crippen molar-refractivity contribution >= 4 is 11.0 Å². The van der Waals surface area contributed by atoms with Crippen LogP contribution in [0, 0.1) is 5.82 Å². The SMILES string of the molecule is FC[C@@H]1CCc2nc3c(F)cccc3n21. The zero-order chi connectivity index (χ0) is 10.4. The van der Waals surface area contributed by atoms with Gasteiger partial charge in [-0.3, -0.25) is 0 Å². The van der Waals surface area contributed by atoms with Gasteiger partial charge in [0.1, 0.15) is 18.0 Å². The molecular weight excluding hydrogens is 198 g/mol. The molecule has 15 heavy (non-hydrogen) atoms. The molecule has 1 aliphatic rings. The van der Waals surface area contributed by atoms with Crippen LogP contribution in [0.3, 0.4) is 0 Å². The summed E-state index contributed by atoms with van der Waals surface area (Å²) in [5.74, 6) is 0.477. The minimum Gasteiger partial charge on any atom is -0.322 e. The number of halogens is 2. The Balaban J connectivity index is 2.32. The fourth-order valence-electron chi connectivity index (χ4n) is 2.29. The third-order valence-electron chi connectivity index (χ3n) is 2.99. The summed E-state index contributed by atoms with van der Waals surface area (Å²) in [5, 5.41) is 0. The maximum atomic E-state index is 13.4. The molecule has 1 atom stereocenters. The zero-order valence-corrected chi connectivity index (χ0v) is 8.08. The molecule has 0 amide bonds. The van der Waals surface area contributed by atoms with E-state index in [1.54, 1.807) is 12.1 Å². The van der Waals surface area contributed by atoms with Crippen LogP contribution in [-0.2, 0) is 6.42 Å². The van der Waals surface area contributed by atoms with E-state index in [0.717, 1.165) is 18.7 Å². The van der Waals surface area contributed by atoms with E-state index < -0.39 is 6.67 Å². The Bertz CT molecular complexity index is 519. The number of aromatic nitrogens is 2. The Morgan fingerprint density at radius 3 is 3.13 bits per heavy atom. The molecule has 0 radical (unpaired) electrons. The molecule has 0 bridgehead atoms. The quantitative estimate of drug-likeness (QED) is 0.704. The van der Waals surface area contributed by atoms with Crippen molar-refractivity contribution in [1.29, 1.82) is 0 Å². The number of aryl methyl sites for hydroxylation is 1. The van der Waals surface area contributed by atoms with Crippen LogP contribution < -0.4 is 0 Å². The lowest BCUT2D eigenvalue weighted by atomic mass is 10.2. The van der Waals surface area contributed by atoms with E-state index >= 15 is 0 Å². The first kappa shape index (κ1) is 8.83. The lowest BCUT2D eigenvalue weighted by Gasteiger charge is -2.08. The second kappa shape index (κ2) is 3.02. The van der Waals surface area contributed by atoms with Crippen molar-refractivity contribution in [2.24, 2.45) is 0 Å². The van der Waals surface area contributed by atoms with Gasteiger partial charge in [-0.05, 0) is 18.6 Å². The summed E-state index contributed by atoms with van der Waals surface area (Å²) in [7, 11) is 0. The Labute approximate surface area is 85.5 Å². The minimum absolute atomic E-state index is 0.160. The standard InChI is InChI=1S/C11H10F2N2/c12-6-7-4-5-10-14-11-8(13)2-1-3-9(11)15(7)10/h1-3,7H,4-6H2/t7-/m0/s1. The Kier molecular flexibility index (Phi) is 1.78. The summed E-state index contributed by atoms with van der Waals surface area (Å²) >= 11 is 0. The van der Waals surface area contributed by atoms with E-state index in [0.29, 0.717) is 11.0 Å². The third-order valence-corrected chi connectivity index (χ3v) is 2.99. The summed E-state index contributed by atoms with van der Waals surface area (Å²) in [5.41, 5.74) is 1.08. The number of benzene rings is 1. The van der Waals surface area contributed by atoms with Crippen LogP contribution in [0.15, 0.2) is 18.2 Å². The molecule has 0 N–H and O–H groups in total. The largest absolute Gasteiger partial charge is 0.322 e. The van der Waals surface area contributed by atoms with E-state index in [4.69, 9.17) is 0 Å². The van der Waals surface area contributed by atoms with Crippen molar-refractivity contribution in [1.82, 2.24) is 9.55 Å². The highest BCUT2D eigenvalue weighted by atomic mass is 19.1. The van der Waals surface area contributed by atoms with E-state index in [1.165, 1.54) is 6.07 Å². The van der Waals surface area contributed by atoms with Crippen LogP contribution in [0.4, 0.5) is 8.78 Å². The number of fused-ring (bicyclic) bond motifs is 3. The number of para-hydroxylation sites is 1. The van der Waals surface area contributed by atoms with Crippen molar-refractivity contribution in [3.05, 3.63) is 29.8 Å². The predicted molar refractivity (Wildman–Crippen MR) is 53.0 cm³/mol. The van der Waals surface area contributed by atoms with Gasteiger partial charge in [-0.1, -0.05) is 6.07 Å². The molecule has 1 aromatic carbocycles. The molecule has 2 aromatic rings. The highest BCUT2D eigenvalue weighted by Crippen LogP contribution is 2.31. The van der Waals surface area contributed by atoms with Crippen LogP contribution >= 0.6 is 0 Å². The first-order valence-electron chi connectivity index (χ1n) is 5.02. The van der Waals surface area contributed by atoms with Crippen LogP contribution in [-0.4, -0.2) is 16.2 Å². The Morgan fingerprint density at radius 2 is 2.33 bits per heavy atom. The molecule has 3 rings (SSSR count). The summed E-state index contributed by atoms with van der Waals surface area (Å²) in [6, 6.07) is 4.66. The smallest absolute Gasteiger partial charge is 0.151 e. The topological polar surface area (TPSA) is 17.8 Å². The van der Waals surface area contributed by atoms with Crippen molar-refractivity contribution in [3.63, 3.8) is 0 Å². The maximum Gasteiger partial charge on any atom is 0.151 e. The number of hydrogen-bond donors (Lipinski definition) is 0. The number of hydrogen-bond acceptors (Lipinski definition) is 1. The maximum absolute atomic E-state index is 13.4. The van der Waals surface area contributed by atoms with Gasteiger partial charge in [0.25, 0.3) is 0 Å². The number of nitrogens with zero attached hydrogens (tertiary/aromatic N) is 2. The second-order valence-electron chi connectivity index (χ2n) is 3.85. The molecule has 0 fully saturated rings.